The molecule has 0 radical (unpaired) electrons. The Morgan fingerprint density at radius 3 is 2.80 bits per heavy atom. The zero-order valence-corrected chi connectivity index (χ0v) is 6.42. The van der Waals surface area contributed by atoms with Crippen LogP contribution >= 0.6 is 0 Å². The van der Waals surface area contributed by atoms with Crippen molar-refractivity contribution in [2.24, 2.45) is 0 Å². The topological polar surface area (TPSA) is 9.23 Å². The Kier molecular flexibility index (Phi) is 5.51. The van der Waals surface area contributed by atoms with Crippen molar-refractivity contribution >= 4 is 0 Å². The van der Waals surface area contributed by atoms with E-state index in [1.807, 2.05) is 19.1 Å². The van der Waals surface area contributed by atoms with E-state index in [-0.39, 0.29) is 0 Å². The molecule has 0 saturated carbocycles. The second kappa shape index (κ2) is 6.12. The molecule has 0 aliphatic carbocycles. The van der Waals surface area contributed by atoms with E-state index in [1.165, 1.54) is 0 Å². The maximum absolute atomic E-state index is 5.07. The van der Waals surface area contributed by atoms with Gasteiger partial charge in [-0.15, -0.1) is 6.42 Å². The molecule has 0 aliphatic heterocycles. The molecule has 0 aliphatic rings. The second-order valence-corrected chi connectivity index (χ2v) is 1.82. The molecule has 0 rings (SSSR count). The van der Waals surface area contributed by atoms with Crippen molar-refractivity contribution < 1.29 is 4.74 Å². The van der Waals surface area contributed by atoms with Crippen molar-refractivity contribution in [3.63, 3.8) is 0 Å². The molecule has 0 heterocycles. The molecular formula is C9H12O. The van der Waals surface area contributed by atoms with Gasteiger partial charge in [0.05, 0.1) is 6.61 Å². The fourth-order valence-electron chi connectivity index (χ4n) is 0.626. The lowest BCUT2D eigenvalue weighted by Gasteiger charge is -1.95. The molecule has 0 bridgehead atoms. The van der Waals surface area contributed by atoms with Crippen molar-refractivity contribution in [2.45, 2.75) is 6.92 Å². The maximum atomic E-state index is 5.07. The highest BCUT2D eigenvalue weighted by molar-refractivity contribution is 5.26. The molecular weight excluding hydrogens is 124 g/mol. The van der Waals surface area contributed by atoms with Crippen LogP contribution in [0.1, 0.15) is 6.92 Å². The number of ether oxygens (including phenoxy) is 1. The highest BCUT2D eigenvalue weighted by Crippen LogP contribution is 1.95. The van der Waals surface area contributed by atoms with Crippen LogP contribution in [0.2, 0.25) is 0 Å². The van der Waals surface area contributed by atoms with Gasteiger partial charge in [0, 0.05) is 7.11 Å². The largest absolute Gasteiger partial charge is 0.380 e. The van der Waals surface area contributed by atoms with Gasteiger partial charge in [0.25, 0.3) is 0 Å². The third-order valence-corrected chi connectivity index (χ3v) is 0.960. The lowest BCUT2D eigenvalue weighted by atomic mass is 10.2. The van der Waals surface area contributed by atoms with Crippen molar-refractivity contribution in [1.82, 2.24) is 0 Å². The Bertz CT molecular complexity index is 170. The summed E-state index contributed by atoms with van der Waals surface area (Å²) in [7, 11) is 1.65. The first-order valence-electron chi connectivity index (χ1n) is 3.12. The van der Waals surface area contributed by atoms with Gasteiger partial charge in [0.15, 0.2) is 0 Å². The molecule has 0 saturated heterocycles. The van der Waals surface area contributed by atoms with Crippen LogP contribution in [0, 0.1) is 12.3 Å². The van der Waals surface area contributed by atoms with E-state index < -0.39 is 0 Å². The zero-order chi connectivity index (χ0) is 7.82. The van der Waals surface area contributed by atoms with E-state index in [4.69, 9.17) is 11.2 Å². The zero-order valence-electron chi connectivity index (χ0n) is 6.42. The molecule has 0 amide bonds. The molecule has 0 aromatic rings. The summed E-state index contributed by atoms with van der Waals surface area (Å²) in [6, 6.07) is 0. The van der Waals surface area contributed by atoms with Gasteiger partial charge in [0.1, 0.15) is 0 Å². The number of terminal acetylenes is 1. The standard InChI is InChI=1S/C9H12O/c1-4-6-9(7-5-2)8-10-3/h1,5-7H,8H2,2-3H3/b7-5-,9-6+. The molecule has 0 fully saturated rings. The molecule has 0 aromatic heterocycles. The van der Waals surface area contributed by atoms with E-state index in [0.717, 1.165) is 5.57 Å². The Morgan fingerprint density at radius 2 is 2.40 bits per heavy atom. The normalized spacial score (nSPS) is 11.9. The van der Waals surface area contributed by atoms with Crippen molar-refractivity contribution in [2.75, 3.05) is 13.7 Å². The fraction of sp³-hybridized carbons (Fsp3) is 0.333. The number of rotatable bonds is 3. The van der Waals surface area contributed by atoms with E-state index in [1.54, 1.807) is 13.2 Å². The van der Waals surface area contributed by atoms with Crippen LogP contribution in [0.15, 0.2) is 23.8 Å². The Hall–Kier alpha value is -1.00. The van der Waals surface area contributed by atoms with Crippen LogP contribution in [0.3, 0.4) is 0 Å². The van der Waals surface area contributed by atoms with Gasteiger partial charge in [-0.3, -0.25) is 0 Å². The summed E-state index contributed by atoms with van der Waals surface area (Å²) in [4.78, 5) is 0. The predicted molar refractivity (Wildman–Crippen MR) is 43.6 cm³/mol. The Labute approximate surface area is 62.4 Å². The monoisotopic (exact) mass is 136 g/mol. The quantitative estimate of drug-likeness (QED) is 0.424. The van der Waals surface area contributed by atoms with Crippen molar-refractivity contribution in [3.05, 3.63) is 23.8 Å². The lowest BCUT2D eigenvalue weighted by molar-refractivity contribution is 0.228. The Balaban J connectivity index is 4.01. The van der Waals surface area contributed by atoms with E-state index >= 15 is 0 Å². The number of hydrogen-bond donors (Lipinski definition) is 0. The highest BCUT2D eigenvalue weighted by Gasteiger charge is 1.86. The Morgan fingerprint density at radius 1 is 1.70 bits per heavy atom. The van der Waals surface area contributed by atoms with Crippen LogP contribution in [0.5, 0.6) is 0 Å². The van der Waals surface area contributed by atoms with Crippen LogP contribution in [0.4, 0.5) is 0 Å². The van der Waals surface area contributed by atoms with Gasteiger partial charge >= 0.3 is 0 Å². The minimum atomic E-state index is 0.578. The number of hydrogen-bond acceptors (Lipinski definition) is 1. The summed E-state index contributed by atoms with van der Waals surface area (Å²) in [5.74, 6) is 2.44. The molecule has 0 atom stereocenters. The second-order valence-electron chi connectivity index (χ2n) is 1.82. The summed E-state index contributed by atoms with van der Waals surface area (Å²) >= 11 is 0. The molecule has 0 unspecified atom stereocenters. The molecule has 0 aromatic carbocycles. The smallest absolute Gasteiger partial charge is 0.0719 e. The number of allylic oxidation sites excluding steroid dienone is 2. The van der Waals surface area contributed by atoms with E-state index in [2.05, 4.69) is 5.92 Å². The molecule has 0 N–H and O–H groups in total. The van der Waals surface area contributed by atoms with Gasteiger partial charge in [-0.2, -0.15) is 0 Å². The fourth-order valence-corrected chi connectivity index (χ4v) is 0.626. The molecule has 1 heteroatoms. The molecule has 10 heavy (non-hydrogen) atoms. The third-order valence-electron chi connectivity index (χ3n) is 0.960. The summed E-state index contributed by atoms with van der Waals surface area (Å²) in [5.41, 5.74) is 1.02. The highest BCUT2D eigenvalue weighted by atomic mass is 16.5. The van der Waals surface area contributed by atoms with Crippen LogP contribution in [0.25, 0.3) is 0 Å². The molecule has 54 valence electrons. The maximum Gasteiger partial charge on any atom is 0.0719 e. The van der Waals surface area contributed by atoms with Gasteiger partial charge < -0.3 is 4.74 Å². The van der Waals surface area contributed by atoms with Gasteiger partial charge in [-0.1, -0.05) is 18.1 Å². The minimum Gasteiger partial charge on any atom is -0.380 e. The van der Waals surface area contributed by atoms with E-state index in [9.17, 15) is 0 Å². The summed E-state index contributed by atoms with van der Waals surface area (Å²) in [6.07, 6.45) is 10.6. The predicted octanol–water partition coefficient (Wildman–Crippen LogP) is 1.77. The first-order chi connectivity index (χ1) is 4.85. The summed E-state index contributed by atoms with van der Waals surface area (Å²) < 4.78 is 4.89. The van der Waals surface area contributed by atoms with Crippen LogP contribution in [-0.4, -0.2) is 13.7 Å². The first kappa shape index (κ1) is 9.00. The average molecular weight is 136 g/mol. The molecule has 0 spiro atoms. The van der Waals surface area contributed by atoms with Gasteiger partial charge in [-0.05, 0) is 18.6 Å². The van der Waals surface area contributed by atoms with Gasteiger partial charge in [0.2, 0.25) is 0 Å². The minimum absolute atomic E-state index is 0.578. The van der Waals surface area contributed by atoms with Crippen molar-refractivity contribution in [1.29, 1.82) is 0 Å². The number of methoxy groups -OCH3 is 1. The first-order valence-corrected chi connectivity index (χ1v) is 3.12. The summed E-state index contributed by atoms with van der Waals surface area (Å²) in [5, 5.41) is 0. The van der Waals surface area contributed by atoms with Gasteiger partial charge in [-0.25, -0.2) is 0 Å². The molecule has 1 nitrogen and oxygen atoms in total. The van der Waals surface area contributed by atoms with Crippen LogP contribution < -0.4 is 0 Å². The third kappa shape index (κ3) is 3.94. The van der Waals surface area contributed by atoms with Crippen molar-refractivity contribution in [3.8, 4) is 12.3 Å². The summed E-state index contributed by atoms with van der Waals surface area (Å²) in [6.45, 7) is 2.52. The van der Waals surface area contributed by atoms with E-state index in [0.29, 0.717) is 6.61 Å². The SMILES string of the molecule is C#C/C=C(\C=C/C)COC. The lowest BCUT2D eigenvalue weighted by Crippen LogP contribution is -1.89. The van der Waals surface area contributed by atoms with Crippen LogP contribution in [-0.2, 0) is 4.74 Å². The average Bonchev–Trinajstić information content (AvgIpc) is 1.90.